The minimum atomic E-state index is 0.0520. The minimum absolute atomic E-state index is 0.0520. The van der Waals surface area contributed by atoms with E-state index in [0.29, 0.717) is 11.4 Å². The van der Waals surface area contributed by atoms with Gasteiger partial charge in [0.2, 0.25) is 0 Å². The van der Waals surface area contributed by atoms with Crippen molar-refractivity contribution >= 4 is 11.5 Å². The number of nitrogen functional groups attached to an aromatic ring is 1. The van der Waals surface area contributed by atoms with Crippen molar-refractivity contribution in [3.63, 3.8) is 0 Å². The van der Waals surface area contributed by atoms with E-state index in [0.717, 1.165) is 12.8 Å². The predicted molar refractivity (Wildman–Crippen MR) is 57.1 cm³/mol. The number of hydrogen-bond acceptors (Lipinski definition) is 3. The fraction of sp³-hybridized carbons (Fsp3) is 0.455. The van der Waals surface area contributed by atoms with Crippen molar-refractivity contribution in [3.8, 4) is 0 Å². The number of aromatic nitrogens is 1. The van der Waals surface area contributed by atoms with Gasteiger partial charge in [-0.1, -0.05) is 20.3 Å². The molecule has 2 N–H and O–H groups in total. The van der Waals surface area contributed by atoms with Gasteiger partial charge in [-0.25, -0.2) is 0 Å². The number of Topliss-reactive ketones (excluding diaryl/α,β-unsaturated/α-hetero) is 1. The van der Waals surface area contributed by atoms with Crippen molar-refractivity contribution in [1.82, 2.24) is 4.98 Å². The van der Waals surface area contributed by atoms with Gasteiger partial charge in [-0.2, -0.15) is 0 Å². The Morgan fingerprint density at radius 2 is 2.29 bits per heavy atom. The molecule has 0 aliphatic rings. The molecule has 0 saturated carbocycles. The second-order valence-electron chi connectivity index (χ2n) is 3.53. The Bertz CT molecular complexity index is 306. The molecule has 0 spiro atoms. The normalized spacial score (nSPS) is 12.4. The zero-order valence-electron chi connectivity index (χ0n) is 8.66. The van der Waals surface area contributed by atoms with Crippen LogP contribution in [-0.4, -0.2) is 10.8 Å². The van der Waals surface area contributed by atoms with Crippen molar-refractivity contribution in [2.24, 2.45) is 5.92 Å². The highest BCUT2D eigenvalue weighted by molar-refractivity contribution is 5.95. The largest absolute Gasteiger partial charge is 0.397 e. The van der Waals surface area contributed by atoms with E-state index in [1.807, 2.05) is 6.92 Å². The molecule has 0 fully saturated rings. The smallest absolute Gasteiger partial charge is 0.183 e. The summed E-state index contributed by atoms with van der Waals surface area (Å²) < 4.78 is 0. The number of anilines is 1. The number of carbonyl (C=O) groups is 1. The summed E-state index contributed by atoms with van der Waals surface area (Å²) in [5, 5.41) is 0. The topological polar surface area (TPSA) is 56.0 Å². The molecule has 1 aromatic rings. The molecule has 14 heavy (non-hydrogen) atoms. The fourth-order valence-electron chi connectivity index (χ4n) is 1.37. The summed E-state index contributed by atoms with van der Waals surface area (Å²) in [6.07, 6.45) is 3.44. The van der Waals surface area contributed by atoms with E-state index >= 15 is 0 Å². The summed E-state index contributed by atoms with van der Waals surface area (Å²) >= 11 is 0. The van der Waals surface area contributed by atoms with E-state index in [9.17, 15) is 4.79 Å². The Hall–Kier alpha value is -1.38. The van der Waals surface area contributed by atoms with E-state index in [2.05, 4.69) is 11.9 Å². The standard InChI is InChI=1S/C11H16N2O/c1-3-4-8(2)11(14)10-6-5-9(12)7-13-10/h5-8H,3-4,12H2,1-2H3. The summed E-state index contributed by atoms with van der Waals surface area (Å²) in [7, 11) is 0. The lowest BCUT2D eigenvalue weighted by molar-refractivity contribution is 0.0918. The second kappa shape index (κ2) is 4.74. The SMILES string of the molecule is CCCC(C)C(=O)c1ccc(N)cn1. The van der Waals surface area contributed by atoms with E-state index in [4.69, 9.17) is 5.73 Å². The number of nitrogens with zero attached hydrogens (tertiary/aromatic N) is 1. The van der Waals surface area contributed by atoms with Crippen LogP contribution in [0.4, 0.5) is 5.69 Å². The van der Waals surface area contributed by atoms with Crippen molar-refractivity contribution in [2.75, 3.05) is 5.73 Å². The van der Waals surface area contributed by atoms with Gasteiger partial charge in [-0.15, -0.1) is 0 Å². The molecule has 0 aromatic carbocycles. The zero-order chi connectivity index (χ0) is 10.6. The number of carbonyl (C=O) groups excluding carboxylic acids is 1. The van der Waals surface area contributed by atoms with Crippen molar-refractivity contribution in [2.45, 2.75) is 26.7 Å². The lowest BCUT2D eigenvalue weighted by Gasteiger charge is -2.07. The summed E-state index contributed by atoms with van der Waals surface area (Å²) in [5.74, 6) is 0.156. The fourth-order valence-corrected chi connectivity index (χ4v) is 1.37. The van der Waals surface area contributed by atoms with Crippen LogP contribution in [0.1, 0.15) is 37.2 Å². The van der Waals surface area contributed by atoms with Gasteiger partial charge >= 0.3 is 0 Å². The van der Waals surface area contributed by atoms with Crippen LogP contribution in [-0.2, 0) is 0 Å². The molecule has 0 aliphatic heterocycles. The van der Waals surface area contributed by atoms with Gasteiger partial charge in [0.1, 0.15) is 5.69 Å². The highest BCUT2D eigenvalue weighted by atomic mass is 16.1. The van der Waals surface area contributed by atoms with Crippen molar-refractivity contribution < 1.29 is 4.79 Å². The molecule has 76 valence electrons. The summed E-state index contributed by atoms with van der Waals surface area (Å²) in [5.41, 5.74) is 6.59. The molecule has 3 heteroatoms. The highest BCUT2D eigenvalue weighted by Crippen LogP contribution is 2.12. The molecule has 0 amide bonds. The molecular weight excluding hydrogens is 176 g/mol. The lowest BCUT2D eigenvalue weighted by Crippen LogP contribution is -2.12. The van der Waals surface area contributed by atoms with Crippen LogP contribution >= 0.6 is 0 Å². The van der Waals surface area contributed by atoms with Crippen LogP contribution < -0.4 is 5.73 Å². The van der Waals surface area contributed by atoms with Gasteiger partial charge in [0, 0.05) is 5.92 Å². The Morgan fingerprint density at radius 1 is 1.57 bits per heavy atom. The molecule has 1 aromatic heterocycles. The number of pyridine rings is 1. The lowest BCUT2D eigenvalue weighted by atomic mass is 9.98. The van der Waals surface area contributed by atoms with Crippen LogP contribution in [0.2, 0.25) is 0 Å². The molecule has 0 bridgehead atoms. The first kappa shape index (κ1) is 10.7. The number of hydrogen-bond donors (Lipinski definition) is 1. The zero-order valence-corrected chi connectivity index (χ0v) is 8.66. The van der Waals surface area contributed by atoms with Gasteiger partial charge in [0.15, 0.2) is 5.78 Å². The molecule has 0 aliphatic carbocycles. The molecule has 1 heterocycles. The molecule has 1 unspecified atom stereocenters. The predicted octanol–water partition coefficient (Wildman–Crippen LogP) is 2.28. The summed E-state index contributed by atoms with van der Waals surface area (Å²) in [4.78, 5) is 15.7. The Morgan fingerprint density at radius 3 is 2.79 bits per heavy atom. The highest BCUT2D eigenvalue weighted by Gasteiger charge is 2.14. The summed E-state index contributed by atoms with van der Waals surface area (Å²) in [6.45, 7) is 4.00. The van der Waals surface area contributed by atoms with Gasteiger partial charge < -0.3 is 5.73 Å². The van der Waals surface area contributed by atoms with Crippen LogP contribution in [0.3, 0.4) is 0 Å². The third kappa shape index (κ3) is 2.55. The molecule has 0 radical (unpaired) electrons. The van der Waals surface area contributed by atoms with E-state index in [1.54, 1.807) is 12.1 Å². The van der Waals surface area contributed by atoms with Crippen LogP contribution in [0.25, 0.3) is 0 Å². The number of rotatable bonds is 4. The molecule has 1 rings (SSSR count). The average molecular weight is 192 g/mol. The summed E-state index contributed by atoms with van der Waals surface area (Å²) in [6, 6.07) is 3.39. The van der Waals surface area contributed by atoms with E-state index in [-0.39, 0.29) is 11.7 Å². The van der Waals surface area contributed by atoms with Gasteiger partial charge in [-0.05, 0) is 18.6 Å². The first-order valence-corrected chi connectivity index (χ1v) is 4.91. The van der Waals surface area contributed by atoms with Crippen molar-refractivity contribution in [3.05, 3.63) is 24.0 Å². The average Bonchev–Trinajstić information content (AvgIpc) is 2.18. The monoisotopic (exact) mass is 192 g/mol. The third-order valence-electron chi connectivity index (χ3n) is 2.21. The Kier molecular flexibility index (Phi) is 3.63. The first-order valence-electron chi connectivity index (χ1n) is 4.91. The Balaban J connectivity index is 2.74. The maximum Gasteiger partial charge on any atom is 0.183 e. The van der Waals surface area contributed by atoms with Crippen LogP contribution in [0.15, 0.2) is 18.3 Å². The molecule has 3 nitrogen and oxygen atoms in total. The number of ketones is 1. The quantitative estimate of drug-likeness (QED) is 0.744. The van der Waals surface area contributed by atoms with Gasteiger partial charge in [0.25, 0.3) is 0 Å². The first-order chi connectivity index (χ1) is 6.65. The van der Waals surface area contributed by atoms with Gasteiger partial charge in [-0.3, -0.25) is 9.78 Å². The van der Waals surface area contributed by atoms with Gasteiger partial charge in [0.05, 0.1) is 11.9 Å². The maximum absolute atomic E-state index is 11.7. The van der Waals surface area contributed by atoms with Crippen molar-refractivity contribution in [1.29, 1.82) is 0 Å². The number of nitrogens with two attached hydrogens (primary N) is 1. The molecular formula is C11H16N2O. The van der Waals surface area contributed by atoms with E-state index < -0.39 is 0 Å². The Labute approximate surface area is 84.3 Å². The maximum atomic E-state index is 11.7. The van der Waals surface area contributed by atoms with E-state index in [1.165, 1.54) is 6.20 Å². The minimum Gasteiger partial charge on any atom is -0.397 e. The van der Waals surface area contributed by atoms with Crippen LogP contribution in [0.5, 0.6) is 0 Å². The molecule has 0 saturated heterocycles. The molecule has 1 atom stereocenters. The third-order valence-corrected chi connectivity index (χ3v) is 2.21. The van der Waals surface area contributed by atoms with Crippen LogP contribution in [0, 0.1) is 5.92 Å². The second-order valence-corrected chi connectivity index (χ2v) is 3.53.